The molecular formula is C22H25FN2O3. The number of benzene rings is 2. The van der Waals surface area contributed by atoms with E-state index in [1.807, 2.05) is 32.0 Å². The Balaban J connectivity index is 1.56. The summed E-state index contributed by atoms with van der Waals surface area (Å²) in [5.41, 5.74) is 2.64. The van der Waals surface area contributed by atoms with Gasteiger partial charge < -0.3 is 19.2 Å². The molecule has 0 unspecified atom stereocenters. The molecule has 0 amide bonds. The normalized spacial score (nSPS) is 11.0. The van der Waals surface area contributed by atoms with Gasteiger partial charge in [0.1, 0.15) is 12.1 Å². The van der Waals surface area contributed by atoms with Gasteiger partial charge in [0.25, 0.3) is 0 Å². The Morgan fingerprint density at radius 2 is 1.93 bits per heavy atom. The van der Waals surface area contributed by atoms with Gasteiger partial charge in [-0.15, -0.1) is 0 Å². The van der Waals surface area contributed by atoms with Crippen LogP contribution in [0.25, 0.3) is 11.5 Å². The number of halogens is 1. The molecule has 0 radical (unpaired) electrons. The molecule has 0 fully saturated rings. The second-order valence-corrected chi connectivity index (χ2v) is 6.69. The Bertz CT molecular complexity index is 891. The third-order valence-electron chi connectivity index (χ3n) is 4.15. The molecule has 0 spiro atoms. The number of oxazole rings is 1. The zero-order valence-electron chi connectivity index (χ0n) is 16.4. The number of hydrogen-bond acceptors (Lipinski definition) is 5. The summed E-state index contributed by atoms with van der Waals surface area (Å²) >= 11 is 0. The van der Waals surface area contributed by atoms with E-state index >= 15 is 0 Å². The van der Waals surface area contributed by atoms with Crippen molar-refractivity contribution in [1.82, 2.24) is 10.3 Å². The summed E-state index contributed by atoms with van der Waals surface area (Å²) in [6.07, 6.45) is 2.42. The number of methoxy groups -OCH3 is 1. The number of para-hydroxylation sites is 1. The lowest BCUT2D eigenvalue weighted by molar-refractivity contribution is 0.227. The van der Waals surface area contributed by atoms with E-state index in [1.54, 1.807) is 25.5 Å². The van der Waals surface area contributed by atoms with Crippen molar-refractivity contribution in [2.75, 3.05) is 13.7 Å². The van der Waals surface area contributed by atoms with Crippen molar-refractivity contribution in [3.63, 3.8) is 0 Å². The smallest absolute Gasteiger partial charge is 0.226 e. The molecule has 0 atom stereocenters. The van der Waals surface area contributed by atoms with E-state index in [0.29, 0.717) is 12.4 Å². The zero-order chi connectivity index (χ0) is 19.9. The quantitative estimate of drug-likeness (QED) is 0.546. The van der Waals surface area contributed by atoms with E-state index in [2.05, 4.69) is 10.3 Å². The van der Waals surface area contributed by atoms with Crippen molar-refractivity contribution in [2.45, 2.75) is 32.9 Å². The maximum atomic E-state index is 13.0. The molecular weight excluding hydrogens is 359 g/mol. The molecule has 28 heavy (non-hydrogen) atoms. The number of nitrogens with zero attached hydrogens (tertiary/aromatic N) is 1. The Morgan fingerprint density at radius 3 is 2.64 bits per heavy atom. The van der Waals surface area contributed by atoms with Crippen LogP contribution in [0.4, 0.5) is 4.39 Å². The SMILES string of the molecule is COc1cccc(CNCCc2coc(-c3ccc(F)cc3)n2)c1OC(C)C. The first-order chi connectivity index (χ1) is 13.6. The Labute approximate surface area is 164 Å². The Kier molecular flexibility index (Phi) is 6.66. The third kappa shape index (κ3) is 5.10. The summed E-state index contributed by atoms with van der Waals surface area (Å²) in [4.78, 5) is 4.47. The summed E-state index contributed by atoms with van der Waals surface area (Å²) in [6.45, 7) is 5.37. The molecule has 1 N–H and O–H groups in total. The molecule has 0 saturated heterocycles. The highest BCUT2D eigenvalue weighted by Crippen LogP contribution is 2.32. The van der Waals surface area contributed by atoms with Crippen molar-refractivity contribution in [2.24, 2.45) is 0 Å². The fourth-order valence-corrected chi connectivity index (χ4v) is 2.82. The van der Waals surface area contributed by atoms with Crippen LogP contribution < -0.4 is 14.8 Å². The van der Waals surface area contributed by atoms with Gasteiger partial charge in [-0.05, 0) is 44.2 Å². The first-order valence-corrected chi connectivity index (χ1v) is 9.30. The molecule has 1 heterocycles. The lowest BCUT2D eigenvalue weighted by Crippen LogP contribution is -2.18. The lowest BCUT2D eigenvalue weighted by atomic mass is 10.1. The standard InChI is InChI=1S/C22H25FN2O3/c1-15(2)28-21-17(5-4-6-20(21)26-3)13-24-12-11-19-14-27-22(25-19)16-7-9-18(23)10-8-16/h4-10,14-15,24H,11-13H2,1-3H3. The number of nitrogens with one attached hydrogen (secondary N) is 1. The molecule has 2 aromatic carbocycles. The van der Waals surface area contributed by atoms with Gasteiger partial charge in [0.2, 0.25) is 5.89 Å². The van der Waals surface area contributed by atoms with Crippen LogP contribution in [0.5, 0.6) is 11.5 Å². The zero-order valence-corrected chi connectivity index (χ0v) is 16.4. The maximum absolute atomic E-state index is 13.0. The van der Waals surface area contributed by atoms with Gasteiger partial charge in [0, 0.05) is 30.6 Å². The maximum Gasteiger partial charge on any atom is 0.226 e. The van der Waals surface area contributed by atoms with E-state index in [0.717, 1.165) is 41.3 Å². The van der Waals surface area contributed by atoms with Gasteiger partial charge >= 0.3 is 0 Å². The molecule has 1 aromatic heterocycles. The summed E-state index contributed by atoms with van der Waals surface area (Å²) in [5, 5.41) is 3.40. The summed E-state index contributed by atoms with van der Waals surface area (Å²) in [7, 11) is 1.64. The first kappa shape index (κ1) is 19.9. The van der Waals surface area contributed by atoms with Gasteiger partial charge in [0.15, 0.2) is 11.5 Å². The highest BCUT2D eigenvalue weighted by atomic mass is 19.1. The van der Waals surface area contributed by atoms with Crippen LogP contribution in [0.2, 0.25) is 0 Å². The first-order valence-electron chi connectivity index (χ1n) is 9.30. The van der Waals surface area contributed by atoms with Gasteiger partial charge in [-0.2, -0.15) is 0 Å². The van der Waals surface area contributed by atoms with Crippen LogP contribution in [0.3, 0.4) is 0 Å². The van der Waals surface area contributed by atoms with Crippen molar-refractivity contribution < 1.29 is 18.3 Å². The number of rotatable bonds is 9. The largest absolute Gasteiger partial charge is 0.493 e. The van der Waals surface area contributed by atoms with Crippen molar-refractivity contribution in [1.29, 1.82) is 0 Å². The van der Waals surface area contributed by atoms with Crippen molar-refractivity contribution >= 4 is 0 Å². The Hall–Kier alpha value is -2.86. The minimum Gasteiger partial charge on any atom is -0.493 e. The van der Waals surface area contributed by atoms with E-state index in [-0.39, 0.29) is 11.9 Å². The predicted molar refractivity (Wildman–Crippen MR) is 106 cm³/mol. The van der Waals surface area contributed by atoms with Crippen LogP contribution in [-0.4, -0.2) is 24.7 Å². The number of aromatic nitrogens is 1. The van der Waals surface area contributed by atoms with E-state index in [9.17, 15) is 4.39 Å². The predicted octanol–water partition coefficient (Wildman–Crippen LogP) is 4.61. The number of hydrogen-bond donors (Lipinski definition) is 1. The monoisotopic (exact) mass is 384 g/mol. The molecule has 6 heteroatoms. The fourth-order valence-electron chi connectivity index (χ4n) is 2.82. The molecule has 3 aromatic rings. The highest BCUT2D eigenvalue weighted by molar-refractivity contribution is 5.52. The highest BCUT2D eigenvalue weighted by Gasteiger charge is 2.12. The Morgan fingerprint density at radius 1 is 1.14 bits per heavy atom. The molecule has 0 saturated carbocycles. The van der Waals surface area contributed by atoms with Crippen LogP contribution in [0.15, 0.2) is 53.1 Å². The summed E-state index contributed by atoms with van der Waals surface area (Å²) in [6, 6.07) is 12.0. The molecule has 0 aliphatic heterocycles. The molecule has 148 valence electrons. The van der Waals surface area contributed by atoms with Gasteiger partial charge in [-0.1, -0.05) is 12.1 Å². The van der Waals surface area contributed by atoms with Gasteiger partial charge in [-0.25, -0.2) is 9.37 Å². The van der Waals surface area contributed by atoms with Crippen LogP contribution in [0, 0.1) is 5.82 Å². The molecule has 0 aliphatic rings. The van der Waals surface area contributed by atoms with E-state index in [4.69, 9.17) is 13.9 Å². The minimum atomic E-state index is -0.280. The minimum absolute atomic E-state index is 0.0649. The topological polar surface area (TPSA) is 56.5 Å². The summed E-state index contributed by atoms with van der Waals surface area (Å²) in [5.74, 6) is 1.72. The molecule has 3 rings (SSSR count). The number of ether oxygens (including phenoxy) is 2. The molecule has 5 nitrogen and oxygen atoms in total. The fraction of sp³-hybridized carbons (Fsp3) is 0.318. The molecule has 0 aliphatic carbocycles. The lowest BCUT2D eigenvalue weighted by Gasteiger charge is -2.17. The third-order valence-corrected chi connectivity index (χ3v) is 4.15. The van der Waals surface area contributed by atoms with Crippen molar-refractivity contribution in [3.05, 3.63) is 65.8 Å². The van der Waals surface area contributed by atoms with E-state index in [1.165, 1.54) is 12.1 Å². The average Bonchev–Trinajstić information content (AvgIpc) is 3.15. The van der Waals surface area contributed by atoms with Crippen LogP contribution >= 0.6 is 0 Å². The average molecular weight is 384 g/mol. The van der Waals surface area contributed by atoms with Crippen LogP contribution in [0.1, 0.15) is 25.1 Å². The van der Waals surface area contributed by atoms with Crippen molar-refractivity contribution in [3.8, 4) is 23.0 Å². The second-order valence-electron chi connectivity index (χ2n) is 6.69. The van der Waals surface area contributed by atoms with Gasteiger partial charge in [-0.3, -0.25) is 0 Å². The summed E-state index contributed by atoms with van der Waals surface area (Å²) < 4.78 is 29.9. The van der Waals surface area contributed by atoms with Crippen LogP contribution in [-0.2, 0) is 13.0 Å². The molecule has 0 bridgehead atoms. The second kappa shape index (κ2) is 9.37. The van der Waals surface area contributed by atoms with Gasteiger partial charge in [0.05, 0.1) is 18.9 Å². The van der Waals surface area contributed by atoms with E-state index < -0.39 is 0 Å².